The zero-order valence-corrected chi connectivity index (χ0v) is 14.8. The van der Waals surface area contributed by atoms with Gasteiger partial charge in [-0.05, 0) is 32.9 Å². The van der Waals surface area contributed by atoms with Crippen molar-refractivity contribution in [2.24, 2.45) is 5.73 Å². The second kappa shape index (κ2) is 9.50. The molecule has 0 aromatic heterocycles. The van der Waals surface area contributed by atoms with Crippen molar-refractivity contribution in [2.75, 3.05) is 19.0 Å². The lowest BCUT2D eigenvalue weighted by Crippen LogP contribution is -2.41. The van der Waals surface area contributed by atoms with E-state index in [2.05, 4.69) is 10.6 Å². The van der Waals surface area contributed by atoms with Crippen LogP contribution in [0.15, 0.2) is 24.3 Å². The van der Waals surface area contributed by atoms with Crippen molar-refractivity contribution in [1.82, 2.24) is 5.32 Å². The molecule has 6 nitrogen and oxygen atoms in total. The normalized spacial score (nSPS) is 12.0. The molecular formula is C16H26ClN3O3. The number of hydrogen-bond acceptors (Lipinski definition) is 4. The number of carbonyl (C=O) groups is 2. The number of carbonyl (C=O) groups excluding carboxylic acids is 2. The summed E-state index contributed by atoms with van der Waals surface area (Å²) in [4.78, 5) is 24.3. The summed E-state index contributed by atoms with van der Waals surface area (Å²) in [6.07, 6.45) is -0.196. The SMILES string of the molecule is COC(CN)CC(=O)Nc1ccccc1C(=O)NC(C)(C)C.Cl. The van der Waals surface area contributed by atoms with E-state index in [-0.39, 0.29) is 48.8 Å². The summed E-state index contributed by atoms with van der Waals surface area (Å²) in [5, 5.41) is 5.62. The molecule has 2 amide bonds. The van der Waals surface area contributed by atoms with Gasteiger partial charge in [-0.2, -0.15) is 0 Å². The first-order valence-corrected chi connectivity index (χ1v) is 7.21. The fraction of sp³-hybridized carbons (Fsp3) is 0.500. The molecule has 1 rings (SSSR count). The molecule has 0 aliphatic rings. The molecule has 0 saturated carbocycles. The van der Waals surface area contributed by atoms with Gasteiger partial charge in [0, 0.05) is 19.2 Å². The number of nitrogens with two attached hydrogens (primary N) is 1. The van der Waals surface area contributed by atoms with Gasteiger partial charge in [-0.15, -0.1) is 12.4 Å². The van der Waals surface area contributed by atoms with Gasteiger partial charge in [0.15, 0.2) is 0 Å². The van der Waals surface area contributed by atoms with Gasteiger partial charge in [0.25, 0.3) is 5.91 Å². The Bertz CT molecular complexity index is 526. The fourth-order valence-corrected chi connectivity index (χ4v) is 1.87. The Morgan fingerprint density at radius 3 is 2.39 bits per heavy atom. The number of benzene rings is 1. The van der Waals surface area contributed by atoms with Crippen LogP contribution in [0.25, 0.3) is 0 Å². The van der Waals surface area contributed by atoms with E-state index < -0.39 is 0 Å². The van der Waals surface area contributed by atoms with Gasteiger partial charge in [-0.1, -0.05) is 12.1 Å². The summed E-state index contributed by atoms with van der Waals surface area (Å²) in [6.45, 7) is 5.96. The van der Waals surface area contributed by atoms with Crippen LogP contribution < -0.4 is 16.4 Å². The van der Waals surface area contributed by atoms with E-state index in [9.17, 15) is 9.59 Å². The van der Waals surface area contributed by atoms with E-state index in [0.29, 0.717) is 11.3 Å². The lowest BCUT2D eigenvalue weighted by atomic mass is 10.1. The van der Waals surface area contributed by atoms with Crippen molar-refractivity contribution in [2.45, 2.75) is 38.8 Å². The number of para-hydroxylation sites is 1. The van der Waals surface area contributed by atoms with Crippen molar-refractivity contribution in [3.8, 4) is 0 Å². The van der Waals surface area contributed by atoms with Gasteiger partial charge in [0.2, 0.25) is 5.91 Å². The van der Waals surface area contributed by atoms with Crippen LogP contribution in [0.5, 0.6) is 0 Å². The molecule has 0 bridgehead atoms. The molecule has 0 radical (unpaired) electrons. The molecule has 1 unspecified atom stereocenters. The van der Waals surface area contributed by atoms with Gasteiger partial charge >= 0.3 is 0 Å². The molecule has 1 aromatic rings. The summed E-state index contributed by atoms with van der Waals surface area (Å²) in [5.74, 6) is -0.473. The molecule has 1 aromatic carbocycles. The molecule has 0 saturated heterocycles. The van der Waals surface area contributed by atoms with Crippen LogP contribution >= 0.6 is 12.4 Å². The molecule has 0 aliphatic carbocycles. The molecule has 4 N–H and O–H groups in total. The molecule has 0 aliphatic heterocycles. The maximum Gasteiger partial charge on any atom is 0.253 e. The van der Waals surface area contributed by atoms with Crippen molar-refractivity contribution in [3.05, 3.63) is 29.8 Å². The first kappa shape index (κ1) is 21.4. The standard InChI is InChI=1S/C16H25N3O3.ClH/c1-16(2,3)19-15(21)12-7-5-6-8-13(12)18-14(20)9-11(10-17)22-4;/h5-8,11H,9-10,17H2,1-4H3,(H,18,20)(H,19,21);1H. The summed E-state index contributed by atoms with van der Waals surface area (Å²) in [7, 11) is 1.51. The highest BCUT2D eigenvalue weighted by atomic mass is 35.5. The first-order valence-electron chi connectivity index (χ1n) is 7.21. The first-order chi connectivity index (χ1) is 10.3. The third-order valence-corrected chi connectivity index (χ3v) is 2.94. The number of nitrogens with one attached hydrogen (secondary N) is 2. The number of ether oxygens (including phenoxy) is 1. The maximum atomic E-state index is 12.3. The minimum Gasteiger partial charge on any atom is -0.380 e. The smallest absolute Gasteiger partial charge is 0.253 e. The number of anilines is 1. The lowest BCUT2D eigenvalue weighted by Gasteiger charge is -2.21. The van der Waals surface area contributed by atoms with Crippen LogP contribution in [0.4, 0.5) is 5.69 Å². The van der Waals surface area contributed by atoms with E-state index in [4.69, 9.17) is 10.5 Å². The van der Waals surface area contributed by atoms with E-state index in [1.165, 1.54) is 7.11 Å². The van der Waals surface area contributed by atoms with E-state index in [0.717, 1.165) is 0 Å². The van der Waals surface area contributed by atoms with Crippen LogP contribution in [-0.4, -0.2) is 37.1 Å². The molecule has 0 fully saturated rings. The topological polar surface area (TPSA) is 93.4 Å². The van der Waals surface area contributed by atoms with Gasteiger partial charge in [0.05, 0.1) is 23.8 Å². The highest BCUT2D eigenvalue weighted by Gasteiger charge is 2.19. The highest BCUT2D eigenvalue weighted by molar-refractivity contribution is 6.04. The second-order valence-corrected chi connectivity index (χ2v) is 6.10. The number of amides is 2. The number of hydrogen-bond donors (Lipinski definition) is 3. The van der Waals surface area contributed by atoms with Gasteiger partial charge < -0.3 is 21.1 Å². The van der Waals surface area contributed by atoms with Crippen molar-refractivity contribution >= 4 is 29.9 Å². The Balaban J connectivity index is 0.00000484. The molecule has 23 heavy (non-hydrogen) atoms. The summed E-state index contributed by atoms with van der Waals surface area (Å²) in [6, 6.07) is 6.89. The monoisotopic (exact) mass is 343 g/mol. The lowest BCUT2D eigenvalue weighted by molar-refractivity contribution is -0.118. The average molecular weight is 344 g/mol. The van der Waals surface area contributed by atoms with Crippen LogP contribution in [0.1, 0.15) is 37.6 Å². The third kappa shape index (κ3) is 7.45. The van der Waals surface area contributed by atoms with E-state index >= 15 is 0 Å². The molecular weight excluding hydrogens is 318 g/mol. The van der Waals surface area contributed by atoms with Crippen LogP contribution in [0.3, 0.4) is 0 Å². The Morgan fingerprint density at radius 2 is 1.87 bits per heavy atom. The molecule has 130 valence electrons. The number of halogens is 1. The molecule has 0 spiro atoms. The van der Waals surface area contributed by atoms with Crippen LogP contribution in [0.2, 0.25) is 0 Å². The van der Waals surface area contributed by atoms with Gasteiger partial charge in [-0.25, -0.2) is 0 Å². The Labute approximate surface area is 143 Å². The average Bonchev–Trinajstić information content (AvgIpc) is 2.43. The van der Waals surface area contributed by atoms with Crippen molar-refractivity contribution in [1.29, 1.82) is 0 Å². The predicted octanol–water partition coefficient (Wildman–Crippen LogP) is 1.94. The maximum absolute atomic E-state index is 12.3. The minimum absolute atomic E-state index is 0. The Hall–Kier alpha value is -1.63. The van der Waals surface area contributed by atoms with E-state index in [1.807, 2.05) is 20.8 Å². The largest absolute Gasteiger partial charge is 0.380 e. The van der Waals surface area contributed by atoms with E-state index in [1.54, 1.807) is 24.3 Å². The number of methoxy groups -OCH3 is 1. The summed E-state index contributed by atoms with van der Waals surface area (Å²) in [5.41, 5.74) is 6.05. The van der Waals surface area contributed by atoms with Crippen LogP contribution in [-0.2, 0) is 9.53 Å². The molecule has 1 atom stereocenters. The Kier molecular flexibility index (Phi) is 8.82. The molecule has 0 heterocycles. The zero-order valence-electron chi connectivity index (χ0n) is 14.0. The van der Waals surface area contributed by atoms with Crippen LogP contribution in [0, 0.1) is 0 Å². The fourth-order valence-electron chi connectivity index (χ4n) is 1.87. The van der Waals surface area contributed by atoms with Crippen molar-refractivity contribution in [3.63, 3.8) is 0 Å². The zero-order chi connectivity index (χ0) is 16.8. The third-order valence-electron chi connectivity index (χ3n) is 2.94. The summed E-state index contributed by atoms with van der Waals surface area (Å²) < 4.78 is 5.09. The predicted molar refractivity (Wildman–Crippen MR) is 94.0 cm³/mol. The van der Waals surface area contributed by atoms with Crippen molar-refractivity contribution < 1.29 is 14.3 Å². The highest BCUT2D eigenvalue weighted by Crippen LogP contribution is 2.17. The molecule has 7 heteroatoms. The quantitative estimate of drug-likeness (QED) is 0.735. The summed E-state index contributed by atoms with van der Waals surface area (Å²) >= 11 is 0. The van der Waals surface area contributed by atoms with Gasteiger partial charge in [0.1, 0.15) is 0 Å². The Morgan fingerprint density at radius 1 is 1.26 bits per heavy atom. The number of rotatable bonds is 6. The second-order valence-electron chi connectivity index (χ2n) is 6.10. The van der Waals surface area contributed by atoms with Gasteiger partial charge in [-0.3, -0.25) is 9.59 Å². The minimum atomic E-state index is -0.352.